The highest BCUT2D eigenvalue weighted by Crippen LogP contribution is 2.32. The van der Waals surface area contributed by atoms with Crippen LogP contribution in [0, 0.1) is 0 Å². The maximum atomic E-state index is 11.8. The molecule has 0 bridgehead atoms. The van der Waals surface area contributed by atoms with Crippen LogP contribution >= 0.6 is 0 Å². The van der Waals surface area contributed by atoms with Crippen molar-refractivity contribution in [3.8, 4) is 0 Å². The summed E-state index contributed by atoms with van der Waals surface area (Å²) in [6.45, 7) is 0. The Bertz CT molecular complexity index is 717. The van der Waals surface area contributed by atoms with Gasteiger partial charge in [0.15, 0.2) is 5.09 Å². The highest BCUT2D eigenvalue weighted by Gasteiger charge is 2.23. The van der Waals surface area contributed by atoms with Gasteiger partial charge in [-0.2, -0.15) is 0 Å². The van der Waals surface area contributed by atoms with Crippen molar-refractivity contribution in [1.29, 1.82) is 0 Å². The van der Waals surface area contributed by atoms with Gasteiger partial charge in [-0.3, -0.25) is 9.00 Å². The van der Waals surface area contributed by atoms with Gasteiger partial charge in [-0.25, -0.2) is 0 Å². The third kappa shape index (κ3) is 2.11. The molecule has 6 heteroatoms. The molecule has 1 amide bonds. The molecule has 0 spiro atoms. The summed E-state index contributed by atoms with van der Waals surface area (Å²) in [7, 11) is 0. The molecule has 1 N–H and O–H groups in total. The fourth-order valence-electron chi connectivity index (χ4n) is 1.93. The number of hydrogen-bond donors (Lipinski definition) is 1. The lowest BCUT2D eigenvalue weighted by molar-refractivity contribution is -0.110. The molecule has 0 fully saturated rings. The maximum absolute atomic E-state index is 11.8. The molecule has 1 aromatic heterocycles. The van der Waals surface area contributed by atoms with E-state index in [1.807, 2.05) is 18.2 Å². The fraction of sp³-hybridized carbons (Fsp3) is 0. The SMILES string of the molecule is O=C1Nc2ccccc2C1=Cc1ccc(S(=O)[O-])o1. The van der Waals surface area contributed by atoms with Crippen molar-refractivity contribution in [3.63, 3.8) is 0 Å². The number of anilines is 1. The first-order valence-corrected chi connectivity index (χ1v) is 6.54. The van der Waals surface area contributed by atoms with Crippen LogP contribution in [0.4, 0.5) is 5.69 Å². The molecule has 2 aromatic rings. The van der Waals surface area contributed by atoms with Crippen molar-refractivity contribution in [2.75, 3.05) is 5.32 Å². The third-order valence-corrected chi connectivity index (χ3v) is 3.31. The van der Waals surface area contributed by atoms with Gasteiger partial charge in [-0.1, -0.05) is 18.2 Å². The Labute approximate surface area is 111 Å². The Morgan fingerprint density at radius 2 is 2.00 bits per heavy atom. The number of para-hydroxylation sites is 1. The molecule has 1 aromatic carbocycles. The highest BCUT2D eigenvalue weighted by molar-refractivity contribution is 7.79. The van der Waals surface area contributed by atoms with Crippen LogP contribution in [-0.4, -0.2) is 14.7 Å². The second kappa shape index (κ2) is 4.49. The summed E-state index contributed by atoms with van der Waals surface area (Å²) in [6, 6.07) is 10.1. The molecule has 1 aliphatic heterocycles. The Morgan fingerprint density at radius 3 is 2.74 bits per heavy atom. The average Bonchev–Trinajstić information content (AvgIpc) is 2.96. The molecular formula is C13H8NO4S-. The van der Waals surface area contributed by atoms with Crippen LogP contribution in [0.1, 0.15) is 11.3 Å². The number of nitrogens with one attached hydrogen (secondary N) is 1. The van der Waals surface area contributed by atoms with E-state index in [0.29, 0.717) is 11.3 Å². The number of hydrogen-bond acceptors (Lipinski definition) is 4. The van der Waals surface area contributed by atoms with E-state index in [1.54, 1.807) is 6.07 Å². The van der Waals surface area contributed by atoms with Crippen molar-refractivity contribution in [3.05, 3.63) is 47.7 Å². The molecule has 0 saturated carbocycles. The second-order valence-electron chi connectivity index (χ2n) is 3.95. The first-order valence-electron chi connectivity index (χ1n) is 5.47. The molecular weight excluding hydrogens is 266 g/mol. The lowest BCUT2D eigenvalue weighted by atomic mass is 10.1. The summed E-state index contributed by atoms with van der Waals surface area (Å²) in [5.41, 5.74) is 1.96. The van der Waals surface area contributed by atoms with E-state index in [2.05, 4.69) is 5.32 Å². The van der Waals surface area contributed by atoms with Crippen molar-refractivity contribution in [2.45, 2.75) is 5.09 Å². The van der Waals surface area contributed by atoms with E-state index in [4.69, 9.17) is 4.42 Å². The Kier molecular flexibility index (Phi) is 2.81. The van der Waals surface area contributed by atoms with E-state index in [9.17, 15) is 13.6 Å². The molecule has 19 heavy (non-hydrogen) atoms. The van der Waals surface area contributed by atoms with E-state index in [1.165, 1.54) is 18.2 Å². The minimum Gasteiger partial charge on any atom is -0.766 e. The summed E-state index contributed by atoms with van der Waals surface area (Å²) in [6.07, 6.45) is 1.53. The van der Waals surface area contributed by atoms with E-state index in [0.717, 1.165) is 11.3 Å². The summed E-state index contributed by atoms with van der Waals surface area (Å²) < 4.78 is 26.5. The van der Waals surface area contributed by atoms with Crippen LogP contribution < -0.4 is 5.32 Å². The average molecular weight is 274 g/mol. The van der Waals surface area contributed by atoms with E-state index < -0.39 is 11.1 Å². The molecule has 3 rings (SSSR count). The van der Waals surface area contributed by atoms with E-state index in [-0.39, 0.29) is 11.0 Å². The van der Waals surface area contributed by atoms with Crippen molar-refractivity contribution >= 4 is 34.3 Å². The van der Waals surface area contributed by atoms with Gasteiger partial charge < -0.3 is 14.3 Å². The van der Waals surface area contributed by atoms with Crippen LogP contribution in [0.25, 0.3) is 11.6 Å². The number of carbonyl (C=O) groups is 1. The molecule has 1 unspecified atom stereocenters. The molecule has 1 atom stereocenters. The zero-order valence-corrected chi connectivity index (χ0v) is 10.4. The van der Waals surface area contributed by atoms with Gasteiger partial charge in [-0.15, -0.1) is 0 Å². The van der Waals surface area contributed by atoms with Crippen molar-refractivity contribution in [1.82, 2.24) is 0 Å². The van der Waals surface area contributed by atoms with E-state index >= 15 is 0 Å². The normalized spacial score (nSPS) is 17.3. The van der Waals surface area contributed by atoms with Gasteiger partial charge in [0.05, 0.1) is 5.57 Å². The smallest absolute Gasteiger partial charge is 0.256 e. The summed E-state index contributed by atoms with van der Waals surface area (Å²) >= 11 is -2.41. The quantitative estimate of drug-likeness (QED) is 0.670. The summed E-state index contributed by atoms with van der Waals surface area (Å²) in [4.78, 5) is 11.8. The minimum atomic E-state index is -2.41. The zero-order chi connectivity index (χ0) is 13.4. The van der Waals surface area contributed by atoms with Crippen LogP contribution in [-0.2, 0) is 15.9 Å². The molecule has 0 radical (unpaired) electrons. The first kappa shape index (κ1) is 11.9. The Balaban J connectivity index is 2.03. The van der Waals surface area contributed by atoms with Gasteiger partial charge in [0, 0.05) is 22.3 Å². The molecule has 96 valence electrons. The number of fused-ring (bicyclic) bond motifs is 1. The lowest BCUT2D eigenvalue weighted by Gasteiger charge is -1.98. The topological polar surface area (TPSA) is 82.4 Å². The zero-order valence-electron chi connectivity index (χ0n) is 9.58. The van der Waals surface area contributed by atoms with Gasteiger partial charge in [0.25, 0.3) is 5.91 Å². The second-order valence-corrected chi connectivity index (χ2v) is 4.82. The molecule has 1 aliphatic rings. The number of amides is 1. The number of carbonyl (C=O) groups excluding carboxylic acids is 1. The van der Waals surface area contributed by atoms with Crippen LogP contribution in [0.15, 0.2) is 45.9 Å². The largest absolute Gasteiger partial charge is 0.766 e. The minimum absolute atomic E-state index is 0.154. The maximum Gasteiger partial charge on any atom is 0.256 e. The molecule has 0 aliphatic carbocycles. The van der Waals surface area contributed by atoms with Gasteiger partial charge in [-0.05, 0) is 24.3 Å². The number of furan rings is 1. The number of benzene rings is 1. The Morgan fingerprint density at radius 1 is 1.21 bits per heavy atom. The molecule has 0 saturated heterocycles. The standard InChI is InChI=1S/C13H9NO4S/c15-13-10(9-3-1-2-4-11(9)14-13)7-8-5-6-12(18-8)19(16)17/h1-7H,(H,14,15)(H,16,17)/p-1. The van der Waals surface area contributed by atoms with Crippen LogP contribution in [0.3, 0.4) is 0 Å². The van der Waals surface area contributed by atoms with Gasteiger partial charge in [0.2, 0.25) is 0 Å². The van der Waals surface area contributed by atoms with Crippen LogP contribution in [0.2, 0.25) is 0 Å². The van der Waals surface area contributed by atoms with Crippen LogP contribution in [0.5, 0.6) is 0 Å². The molecule has 5 nitrogen and oxygen atoms in total. The van der Waals surface area contributed by atoms with Crippen molar-refractivity contribution < 1.29 is 18.0 Å². The first-order chi connectivity index (χ1) is 9.15. The third-order valence-electron chi connectivity index (χ3n) is 2.76. The predicted octanol–water partition coefficient (Wildman–Crippen LogP) is 2.01. The summed E-state index contributed by atoms with van der Waals surface area (Å²) in [5.74, 6) is 0.0865. The highest BCUT2D eigenvalue weighted by atomic mass is 32.2. The fourth-order valence-corrected chi connectivity index (χ4v) is 2.27. The number of rotatable bonds is 2. The van der Waals surface area contributed by atoms with Crippen molar-refractivity contribution in [2.24, 2.45) is 0 Å². The lowest BCUT2D eigenvalue weighted by Crippen LogP contribution is -2.03. The molecule has 2 heterocycles. The van der Waals surface area contributed by atoms with Gasteiger partial charge >= 0.3 is 0 Å². The van der Waals surface area contributed by atoms with Gasteiger partial charge in [0.1, 0.15) is 5.76 Å². The monoisotopic (exact) mass is 274 g/mol. The Hall–Kier alpha value is -2.18. The summed E-state index contributed by atoms with van der Waals surface area (Å²) in [5, 5.41) is 2.57. The predicted molar refractivity (Wildman–Crippen MR) is 68.8 cm³/mol.